The molecule has 1 aromatic carbocycles. The van der Waals surface area contributed by atoms with Crippen LogP contribution >= 0.6 is 27.3 Å². The first-order chi connectivity index (χ1) is 10.1. The minimum Gasteiger partial charge on any atom is -0.497 e. The average molecular weight is 370 g/mol. The standard InChI is InChI=1S/C14H12BrNO4S/c1-19-10-4-2-9(3-5-10)16-13(17)8-20-14(18)11-6-7-12(15)21-11/h2-7H,8H2,1H3,(H,16,17). The van der Waals surface area contributed by atoms with E-state index in [1.165, 1.54) is 11.3 Å². The van der Waals surface area contributed by atoms with Crippen molar-refractivity contribution in [2.75, 3.05) is 19.0 Å². The van der Waals surface area contributed by atoms with E-state index in [0.717, 1.165) is 3.79 Å². The molecule has 0 aliphatic rings. The largest absolute Gasteiger partial charge is 0.497 e. The van der Waals surface area contributed by atoms with Crippen molar-refractivity contribution < 1.29 is 19.1 Å². The number of anilines is 1. The number of hydrogen-bond donors (Lipinski definition) is 1. The highest BCUT2D eigenvalue weighted by Gasteiger charge is 2.12. The predicted molar refractivity (Wildman–Crippen MR) is 83.9 cm³/mol. The molecule has 1 heterocycles. The number of esters is 1. The summed E-state index contributed by atoms with van der Waals surface area (Å²) in [6, 6.07) is 10.2. The SMILES string of the molecule is COc1ccc(NC(=O)COC(=O)c2ccc(Br)s2)cc1. The number of amides is 1. The average Bonchev–Trinajstić information content (AvgIpc) is 2.92. The maximum Gasteiger partial charge on any atom is 0.348 e. The third-order valence-electron chi connectivity index (χ3n) is 2.48. The first-order valence-electron chi connectivity index (χ1n) is 5.95. The molecule has 0 saturated heterocycles. The minimum atomic E-state index is -0.518. The molecule has 0 unspecified atom stereocenters. The van der Waals surface area contributed by atoms with Crippen molar-refractivity contribution in [3.8, 4) is 5.75 Å². The van der Waals surface area contributed by atoms with Crippen molar-refractivity contribution in [2.24, 2.45) is 0 Å². The number of carbonyl (C=O) groups excluding carboxylic acids is 2. The van der Waals surface area contributed by atoms with Gasteiger partial charge < -0.3 is 14.8 Å². The van der Waals surface area contributed by atoms with Crippen molar-refractivity contribution in [3.05, 3.63) is 45.1 Å². The van der Waals surface area contributed by atoms with E-state index in [1.807, 2.05) is 0 Å². The molecule has 0 saturated carbocycles. The summed E-state index contributed by atoms with van der Waals surface area (Å²) in [4.78, 5) is 23.8. The first-order valence-corrected chi connectivity index (χ1v) is 7.56. The molecule has 110 valence electrons. The van der Waals surface area contributed by atoms with Gasteiger partial charge in [-0.1, -0.05) is 0 Å². The summed E-state index contributed by atoms with van der Waals surface area (Å²) in [6.07, 6.45) is 0. The number of thiophene rings is 1. The summed E-state index contributed by atoms with van der Waals surface area (Å²) in [5.41, 5.74) is 0.607. The first kappa shape index (κ1) is 15.5. The Bertz CT molecular complexity index is 639. The van der Waals surface area contributed by atoms with Crippen molar-refractivity contribution in [3.63, 3.8) is 0 Å². The van der Waals surface area contributed by atoms with E-state index in [2.05, 4.69) is 21.2 Å². The lowest BCUT2D eigenvalue weighted by Crippen LogP contribution is -2.20. The number of ether oxygens (including phenoxy) is 2. The molecule has 1 aromatic heterocycles. The quantitative estimate of drug-likeness (QED) is 0.821. The lowest BCUT2D eigenvalue weighted by molar-refractivity contribution is -0.119. The van der Waals surface area contributed by atoms with Gasteiger partial charge in [0.25, 0.3) is 5.91 Å². The third kappa shape index (κ3) is 4.57. The summed E-state index contributed by atoms with van der Waals surface area (Å²) in [6.45, 7) is -0.333. The molecule has 1 N–H and O–H groups in total. The van der Waals surface area contributed by atoms with Crippen molar-refractivity contribution in [1.82, 2.24) is 0 Å². The molecule has 0 radical (unpaired) electrons. The van der Waals surface area contributed by atoms with Crippen molar-refractivity contribution in [1.29, 1.82) is 0 Å². The smallest absolute Gasteiger partial charge is 0.348 e. The van der Waals surface area contributed by atoms with Crippen LogP contribution in [0.5, 0.6) is 5.75 Å². The molecular weight excluding hydrogens is 358 g/mol. The van der Waals surface area contributed by atoms with Crippen LogP contribution in [0.25, 0.3) is 0 Å². The van der Waals surface area contributed by atoms with Crippen LogP contribution in [0, 0.1) is 0 Å². The molecule has 2 rings (SSSR count). The second-order valence-corrected chi connectivity index (χ2v) is 6.42. The topological polar surface area (TPSA) is 64.6 Å². The highest BCUT2D eigenvalue weighted by atomic mass is 79.9. The van der Waals surface area contributed by atoms with Crippen molar-refractivity contribution >= 4 is 44.8 Å². The molecule has 0 spiro atoms. The van der Waals surface area contributed by atoms with E-state index in [1.54, 1.807) is 43.5 Å². The van der Waals surface area contributed by atoms with E-state index < -0.39 is 11.9 Å². The van der Waals surface area contributed by atoms with E-state index in [0.29, 0.717) is 16.3 Å². The summed E-state index contributed by atoms with van der Waals surface area (Å²) < 4.78 is 10.8. The number of benzene rings is 1. The highest BCUT2D eigenvalue weighted by Crippen LogP contribution is 2.22. The number of methoxy groups -OCH3 is 1. The van der Waals surface area contributed by atoms with E-state index in [9.17, 15) is 9.59 Å². The summed E-state index contributed by atoms with van der Waals surface area (Å²) in [7, 11) is 1.57. The molecule has 1 amide bonds. The molecule has 0 fully saturated rings. The molecule has 21 heavy (non-hydrogen) atoms. The molecule has 2 aromatic rings. The summed E-state index contributed by atoms with van der Waals surface area (Å²) in [5, 5.41) is 2.63. The monoisotopic (exact) mass is 369 g/mol. The van der Waals surface area contributed by atoms with Gasteiger partial charge in [-0.2, -0.15) is 0 Å². The Morgan fingerprint density at radius 1 is 1.19 bits per heavy atom. The van der Waals surface area contributed by atoms with Crippen LogP contribution in [-0.4, -0.2) is 25.6 Å². The second kappa shape index (κ2) is 7.24. The van der Waals surface area contributed by atoms with Crippen LogP contribution in [0.4, 0.5) is 5.69 Å². The van der Waals surface area contributed by atoms with Crippen LogP contribution in [0.3, 0.4) is 0 Å². The van der Waals surface area contributed by atoms with Gasteiger partial charge in [-0.25, -0.2) is 4.79 Å². The van der Waals surface area contributed by atoms with Crippen LogP contribution < -0.4 is 10.1 Å². The van der Waals surface area contributed by atoms with Gasteiger partial charge in [0.15, 0.2) is 6.61 Å². The molecule has 5 nitrogen and oxygen atoms in total. The minimum absolute atomic E-state index is 0.333. The van der Waals surface area contributed by atoms with Crippen LogP contribution in [-0.2, 0) is 9.53 Å². The summed E-state index contributed by atoms with van der Waals surface area (Å²) >= 11 is 4.51. The Morgan fingerprint density at radius 3 is 2.48 bits per heavy atom. The molecule has 0 bridgehead atoms. The van der Waals surface area contributed by atoms with Gasteiger partial charge >= 0.3 is 5.97 Å². The van der Waals surface area contributed by atoms with E-state index in [4.69, 9.17) is 9.47 Å². The van der Waals surface area contributed by atoms with Gasteiger partial charge in [0.1, 0.15) is 10.6 Å². The Hall–Kier alpha value is -1.86. The predicted octanol–water partition coefficient (Wildman–Crippen LogP) is 3.31. The molecule has 0 aliphatic carbocycles. The lowest BCUT2D eigenvalue weighted by Gasteiger charge is -2.06. The molecule has 0 aliphatic heterocycles. The van der Waals surface area contributed by atoms with E-state index in [-0.39, 0.29) is 6.61 Å². The Labute approximate surface area is 134 Å². The number of nitrogens with one attached hydrogen (secondary N) is 1. The Balaban J connectivity index is 1.82. The Kier molecular flexibility index (Phi) is 5.35. The van der Waals surface area contributed by atoms with Gasteiger partial charge in [-0.3, -0.25) is 4.79 Å². The van der Waals surface area contributed by atoms with Crippen LogP contribution in [0.1, 0.15) is 9.67 Å². The van der Waals surface area contributed by atoms with Crippen LogP contribution in [0.15, 0.2) is 40.2 Å². The van der Waals surface area contributed by atoms with Gasteiger partial charge in [-0.05, 0) is 52.3 Å². The second-order valence-electron chi connectivity index (χ2n) is 3.96. The lowest BCUT2D eigenvalue weighted by atomic mass is 10.3. The summed E-state index contributed by atoms with van der Waals surface area (Å²) in [5.74, 6) is -0.220. The normalized spacial score (nSPS) is 10.0. The molecule has 7 heteroatoms. The molecular formula is C14H12BrNO4S. The van der Waals surface area contributed by atoms with Gasteiger partial charge in [-0.15, -0.1) is 11.3 Å². The zero-order valence-electron chi connectivity index (χ0n) is 11.1. The fraction of sp³-hybridized carbons (Fsp3) is 0.143. The van der Waals surface area contributed by atoms with Gasteiger partial charge in [0.05, 0.1) is 10.9 Å². The zero-order chi connectivity index (χ0) is 15.2. The van der Waals surface area contributed by atoms with Gasteiger partial charge in [0, 0.05) is 5.69 Å². The highest BCUT2D eigenvalue weighted by molar-refractivity contribution is 9.11. The maximum atomic E-state index is 11.7. The maximum absolute atomic E-state index is 11.7. The van der Waals surface area contributed by atoms with Crippen molar-refractivity contribution in [2.45, 2.75) is 0 Å². The molecule has 0 atom stereocenters. The third-order valence-corrected chi connectivity index (χ3v) is 4.09. The number of halogens is 1. The fourth-order valence-corrected chi connectivity index (χ4v) is 2.78. The number of hydrogen-bond acceptors (Lipinski definition) is 5. The van der Waals surface area contributed by atoms with Gasteiger partial charge in [0.2, 0.25) is 0 Å². The zero-order valence-corrected chi connectivity index (χ0v) is 13.5. The number of carbonyl (C=O) groups is 2. The van der Waals surface area contributed by atoms with E-state index >= 15 is 0 Å². The Morgan fingerprint density at radius 2 is 1.90 bits per heavy atom. The number of rotatable bonds is 5. The van der Waals surface area contributed by atoms with Crippen LogP contribution in [0.2, 0.25) is 0 Å². The fourth-order valence-electron chi connectivity index (χ4n) is 1.50.